The molecule has 1 fully saturated rings. The zero-order valence-corrected chi connectivity index (χ0v) is 10.8. The Morgan fingerprint density at radius 2 is 2.29 bits per heavy atom. The minimum atomic E-state index is -0.454. The van der Waals surface area contributed by atoms with Crippen LogP contribution in [0.15, 0.2) is 18.3 Å². The second-order valence-electron chi connectivity index (χ2n) is 4.95. The Balaban J connectivity index is 2.27. The molecule has 0 amide bonds. The van der Waals surface area contributed by atoms with Crippen LogP contribution < -0.4 is 10.3 Å². The first kappa shape index (κ1) is 12.4. The Hall–Kier alpha value is -1.07. The molecular weight excluding hydrogens is 217 g/mol. The van der Waals surface area contributed by atoms with E-state index in [1.807, 2.05) is 19.1 Å². The molecule has 1 aliphatic heterocycles. The second-order valence-corrected chi connectivity index (χ2v) is 4.95. The highest BCUT2D eigenvalue weighted by atomic mass is 16.6. The Labute approximate surface area is 102 Å². The SMILES string of the molecule is COc1cccnc1B1OC(C)CC(C)(C)O1. The van der Waals surface area contributed by atoms with E-state index in [0.717, 1.165) is 6.42 Å². The Morgan fingerprint density at radius 1 is 1.53 bits per heavy atom. The smallest absolute Gasteiger partial charge is 0.496 e. The van der Waals surface area contributed by atoms with Crippen molar-refractivity contribution in [3.8, 4) is 5.75 Å². The molecule has 5 heteroatoms. The number of pyridine rings is 1. The fourth-order valence-corrected chi connectivity index (χ4v) is 2.19. The summed E-state index contributed by atoms with van der Waals surface area (Å²) in [6.07, 6.45) is 2.74. The first-order valence-electron chi connectivity index (χ1n) is 5.84. The predicted molar refractivity (Wildman–Crippen MR) is 66.5 cm³/mol. The van der Waals surface area contributed by atoms with Gasteiger partial charge in [0.25, 0.3) is 0 Å². The summed E-state index contributed by atoms with van der Waals surface area (Å²) >= 11 is 0. The largest absolute Gasteiger partial charge is 0.518 e. The number of hydrogen-bond acceptors (Lipinski definition) is 4. The minimum absolute atomic E-state index is 0.149. The summed E-state index contributed by atoms with van der Waals surface area (Å²) < 4.78 is 17.0. The van der Waals surface area contributed by atoms with Crippen LogP contribution in [0, 0.1) is 0 Å². The van der Waals surface area contributed by atoms with Crippen molar-refractivity contribution in [1.82, 2.24) is 4.98 Å². The van der Waals surface area contributed by atoms with E-state index >= 15 is 0 Å². The Kier molecular flexibility index (Phi) is 3.40. The highest BCUT2D eigenvalue weighted by molar-refractivity contribution is 6.61. The maximum Gasteiger partial charge on any atom is 0.518 e. The molecule has 92 valence electrons. The highest BCUT2D eigenvalue weighted by Crippen LogP contribution is 2.26. The second kappa shape index (κ2) is 4.66. The summed E-state index contributed by atoms with van der Waals surface area (Å²) in [5.41, 5.74) is 0.500. The Bertz CT molecular complexity index is 397. The van der Waals surface area contributed by atoms with Crippen molar-refractivity contribution in [3.63, 3.8) is 0 Å². The molecule has 1 aromatic rings. The van der Waals surface area contributed by atoms with Crippen molar-refractivity contribution in [3.05, 3.63) is 18.3 Å². The van der Waals surface area contributed by atoms with Gasteiger partial charge in [0.15, 0.2) is 0 Å². The van der Waals surface area contributed by atoms with Crippen molar-refractivity contribution in [1.29, 1.82) is 0 Å². The van der Waals surface area contributed by atoms with Gasteiger partial charge in [-0.2, -0.15) is 0 Å². The van der Waals surface area contributed by atoms with Gasteiger partial charge >= 0.3 is 7.12 Å². The quantitative estimate of drug-likeness (QED) is 0.726. The lowest BCUT2D eigenvalue weighted by atomic mass is 9.78. The van der Waals surface area contributed by atoms with Crippen LogP contribution in [-0.4, -0.2) is 30.9 Å². The zero-order valence-electron chi connectivity index (χ0n) is 10.8. The van der Waals surface area contributed by atoms with E-state index in [1.165, 1.54) is 0 Å². The first-order valence-corrected chi connectivity index (χ1v) is 5.84. The molecule has 1 saturated heterocycles. The van der Waals surface area contributed by atoms with Crippen molar-refractivity contribution < 1.29 is 14.0 Å². The molecule has 4 nitrogen and oxygen atoms in total. The molecule has 1 aliphatic rings. The summed E-state index contributed by atoms with van der Waals surface area (Å²) in [6.45, 7) is 6.18. The number of methoxy groups -OCH3 is 1. The van der Waals surface area contributed by atoms with Gasteiger partial charge in [0.1, 0.15) is 11.3 Å². The Morgan fingerprint density at radius 3 is 2.94 bits per heavy atom. The normalized spacial score (nSPS) is 23.5. The lowest BCUT2D eigenvalue weighted by molar-refractivity contribution is -0.0234. The van der Waals surface area contributed by atoms with Crippen LogP contribution in [0.3, 0.4) is 0 Å². The van der Waals surface area contributed by atoms with E-state index in [1.54, 1.807) is 13.3 Å². The summed E-state index contributed by atoms with van der Waals surface area (Å²) in [6, 6.07) is 3.70. The van der Waals surface area contributed by atoms with Gasteiger partial charge in [0, 0.05) is 12.3 Å². The fraction of sp³-hybridized carbons (Fsp3) is 0.583. The van der Waals surface area contributed by atoms with Crippen molar-refractivity contribution >= 4 is 12.7 Å². The number of rotatable bonds is 2. The van der Waals surface area contributed by atoms with Crippen LogP contribution >= 0.6 is 0 Å². The van der Waals surface area contributed by atoms with Crippen molar-refractivity contribution in [2.45, 2.75) is 38.9 Å². The van der Waals surface area contributed by atoms with Gasteiger partial charge in [-0.3, -0.25) is 4.98 Å². The highest BCUT2D eigenvalue weighted by Gasteiger charge is 2.40. The molecule has 2 rings (SSSR count). The van der Waals surface area contributed by atoms with Crippen LogP contribution in [0.25, 0.3) is 0 Å². The van der Waals surface area contributed by atoms with Crippen LogP contribution in [0.1, 0.15) is 27.2 Å². The number of aromatic nitrogens is 1. The first-order chi connectivity index (χ1) is 8.02. The summed E-state index contributed by atoms with van der Waals surface area (Å²) in [4.78, 5) is 4.30. The van der Waals surface area contributed by atoms with Gasteiger partial charge in [-0.15, -0.1) is 0 Å². The van der Waals surface area contributed by atoms with Crippen LogP contribution in [0.2, 0.25) is 0 Å². The van der Waals surface area contributed by atoms with Crippen LogP contribution in [-0.2, 0) is 9.31 Å². The molecule has 0 bridgehead atoms. The van der Waals surface area contributed by atoms with E-state index in [-0.39, 0.29) is 11.7 Å². The topological polar surface area (TPSA) is 40.6 Å². The average Bonchev–Trinajstić information content (AvgIpc) is 2.26. The fourth-order valence-electron chi connectivity index (χ4n) is 2.19. The minimum Gasteiger partial charge on any atom is -0.496 e. The van der Waals surface area contributed by atoms with Gasteiger partial charge in [-0.1, -0.05) is 0 Å². The monoisotopic (exact) mass is 235 g/mol. The van der Waals surface area contributed by atoms with Gasteiger partial charge < -0.3 is 14.0 Å². The molecule has 0 spiro atoms. The molecule has 2 heterocycles. The summed E-state index contributed by atoms with van der Waals surface area (Å²) in [5.74, 6) is 0.697. The van der Waals surface area contributed by atoms with Gasteiger partial charge in [-0.05, 0) is 39.3 Å². The van der Waals surface area contributed by atoms with Crippen molar-refractivity contribution in [2.24, 2.45) is 0 Å². The summed E-state index contributed by atoms with van der Waals surface area (Å²) in [7, 11) is 1.17. The predicted octanol–water partition coefficient (Wildman–Crippen LogP) is 1.39. The molecule has 1 unspecified atom stereocenters. The lowest BCUT2D eigenvalue weighted by Gasteiger charge is -2.38. The van der Waals surface area contributed by atoms with E-state index in [9.17, 15) is 0 Å². The third-order valence-corrected chi connectivity index (χ3v) is 2.80. The zero-order chi connectivity index (χ0) is 12.5. The molecule has 0 aromatic carbocycles. The van der Waals surface area contributed by atoms with Crippen LogP contribution in [0.5, 0.6) is 5.75 Å². The molecule has 0 saturated carbocycles. The van der Waals surface area contributed by atoms with E-state index in [4.69, 9.17) is 14.0 Å². The maximum absolute atomic E-state index is 5.91. The summed E-state index contributed by atoms with van der Waals surface area (Å²) in [5, 5.41) is 0. The molecular formula is C12H18BNO3. The van der Waals surface area contributed by atoms with Crippen molar-refractivity contribution in [2.75, 3.05) is 7.11 Å². The molecule has 0 N–H and O–H groups in total. The van der Waals surface area contributed by atoms with E-state index in [0.29, 0.717) is 11.3 Å². The van der Waals surface area contributed by atoms with Gasteiger partial charge in [0.05, 0.1) is 12.7 Å². The molecule has 1 aromatic heterocycles. The third-order valence-electron chi connectivity index (χ3n) is 2.80. The lowest BCUT2D eigenvalue weighted by Crippen LogP contribution is -2.52. The van der Waals surface area contributed by atoms with Crippen LogP contribution in [0.4, 0.5) is 0 Å². The average molecular weight is 235 g/mol. The number of nitrogens with zero attached hydrogens (tertiary/aromatic N) is 1. The molecule has 0 aliphatic carbocycles. The maximum atomic E-state index is 5.91. The molecule has 1 atom stereocenters. The van der Waals surface area contributed by atoms with E-state index in [2.05, 4.69) is 18.8 Å². The number of ether oxygens (including phenoxy) is 1. The van der Waals surface area contributed by atoms with E-state index < -0.39 is 7.12 Å². The third kappa shape index (κ3) is 2.79. The van der Waals surface area contributed by atoms with Gasteiger partial charge in [-0.25, -0.2) is 0 Å². The molecule has 0 radical (unpaired) electrons. The molecule has 17 heavy (non-hydrogen) atoms. The standard InChI is InChI=1S/C12H18BNO3/c1-9-8-12(2,3)17-13(16-9)11-10(15-4)6-5-7-14-11/h5-7,9H,8H2,1-4H3. The number of hydrogen-bond donors (Lipinski definition) is 0. The van der Waals surface area contributed by atoms with Gasteiger partial charge in [0.2, 0.25) is 0 Å².